The lowest BCUT2D eigenvalue weighted by molar-refractivity contribution is -0.132. The van der Waals surface area contributed by atoms with Crippen LogP contribution in [0.3, 0.4) is 0 Å². The Morgan fingerprint density at radius 2 is 1.92 bits per heavy atom. The summed E-state index contributed by atoms with van der Waals surface area (Å²) in [5.74, 6) is 1.43. The third-order valence-electron chi connectivity index (χ3n) is 5.12. The molecule has 1 amide bonds. The summed E-state index contributed by atoms with van der Waals surface area (Å²) in [5, 5.41) is 0. The van der Waals surface area contributed by atoms with Gasteiger partial charge in [0.1, 0.15) is 5.84 Å². The molecule has 1 aromatic carbocycles. The van der Waals surface area contributed by atoms with Crippen LogP contribution in [-0.4, -0.2) is 44.7 Å². The predicted molar refractivity (Wildman–Crippen MR) is 102 cm³/mol. The van der Waals surface area contributed by atoms with Crippen molar-refractivity contribution in [2.75, 3.05) is 19.6 Å². The van der Waals surface area contributed by atoms with Crippen molar-refractivity contribution in [3.05, 3.63) is 29.8 Å². The van der Waals surface area contributed by atoms with Gasteiger partial charge in [-0.2, -0.15) is 0 Å². The molecular weight excluding hydrogens is 350 g/mol. The van der Waals surface area contributed by atoms with Crippen LogP contribution in [-0.2, 0) is 14.8 Å². The number of unbranched alkanes of at least 4 members (excludes halogenated alkanes) is 2. The highest BCUT2D eigenvalue weighted by Gasteiger charge is 2.29. The van der Waals surface area contributed by atoms with E-state index in [1.807, 2.05) is 11.0 Å². The Hall–Kier alpha value is -1.89. The molecule has 0 aliphatic carbocycles. The Morgan fingerprint density at radius 1 is 1.19 bits per heavy atom. The number of piperidine rings is 1. The third-order valence-corrected chi connectivity index (χ3v) is 6.51. The molecular formula is C19H27N3O3S. The van der Waals surface area contributed by atoms with Crippen molar-refractivity contribution >= 4 is 21.8 Å². The smallest absolute Gasteiger partial charge is 0.263 e. The zero-order valence-corrected chi connectivity index (χ0v) is 16.1. The number of hydrogen-bond donors (Lipinski definition) is 1. The van der Waals surface area contributed by atoms with Crippen LogP contribution in [0.4, 0.5) is 0 Å². The molecule has 142 valence electrons. The quantitative estimate of drug-likeness (QED) is 0.774. The Morgan fingerprint density at radius 3 is 2.69 bits per heavy atom. The Kier molecular flexibility index (Phi) is 5.96. The molecule has 0 unspecified atom stereocenters. The summed E-state index contributed by atoms with van der Waals surface area (Å²) in [6.07, 6.45) is 5.44. The van der Waals surface area contributed by atoms with Gasteiger partial charge in [-0.15, -0.1) is 0 Å². The minimum absolute atomic E-state index is 0.265. The zero-order valence-electron chi connectivity index (χ0n) is 15.3. The average molecular weight is 378 g/mol. The summed E-state index contributed by atoms with van der Waals surface area (Å²) in [5.41, 5.74) is 0.641. The first-order chi connectivity index (χ1) is 12.5. The molecule has 0 radical (unpaired) electrons. The van der Waals surface area contributed by atoms with Crippen molar-refractivity contribution in [1.82, 2.24) is 9.62 Å². The minimum Gasteiger partial charge on any atom is -0.343 e. The molecule has 0 saturated carbocycles. The maximum absolute atomic E-state index is 12.2. The van der Waals surface area contributed by atoms with Gasteiger partial charge >= 0.3 is 0 Å². The summed E-state index contributed by atoms with van der Waals surface area (Å²) in [6.45, 7) is 4.59. The van der Waals surface area contributed by atoms with Gasteiger partial charge in [-0.05, 0) is 43.7 Å². The maximum atomic E-state index is 12.2. The molecule has 0 bridgehead atoms. The lowest BCUT2D eigenvalue weighted by Crippen LogP contribution is -2.37. The van der Waals surface area contributed by atoms with Gasteiger partial charge in [0.25, 0.3) is 10.0 Å². The molecule has 2 aliphatic heterocycles. The van der Waals surface area contributed by atoms with E-state index in [1.165, 1.54) is 0 Å². The third kappa shape index (κ3) is 4.44. The van der Waals surface area contributed by atoms with Crippen LogP contribution >= 0.6 is 0 Å². The van der Waals surface area contributed by atoms with Crippen LogP contribution in [0.1, 0.15) is 51.0 Å². The van der Waals surface area contributed by atoms with Crippen LogP contribution in [0.5, 0.6) is 0 Å². The summed E-state index contributed by atoms with van der Waals surface area (Å²) in [4.78, 5) is 18.9. The van der Waals surface area contributed by atoms with E-state index in [4.69, 9.17) is 0 Å². The second-order valence-electron chi connectivity index (χ2n) is 7.21. The number of amides is 1. The fraction of sp³-hybridized carbons (Fsp3) is 0.579. The van der Waals surface area contributed by atoms with Crippen LogP contribution < -0.4 is 4.72 Å². The van der Waals surface area contributed by atoms with Gasteiger partial charge in [-0.1, -0.05) is 25.5 Å². The molecule has 1 N–H and O–H groups in total. The first-order valence-electron chi connectivity index (χ1n) is 9.42. The van der Waals surface area contributed by atoms with E-state index in [9.17, 15) is 13.2 Å². The first-order valence-corrected chi connectivity index (χ1v) is 10.9. The van der Waals surface area contributed by atoms with E-state index >= 15 is 0 Å². The van der Waals surface area contributed by atoms with Crippen molar-refractivity contribution in [2.45, 2.75) is 50.3 Å². The van der Waals surface area contributed by atoms with Crippen molar-refractivity contribution in [3.63, 3.8) is 0 Å². The van der Waals surface area contributed by atoms with Crippen molar-refractivity contribution < 1.29 is 13.2 Å². The van der Waals surface area contributed by atoms with Gasteiger partial charge in [-0.3, -0.25) is 14.5 Å². The molecule has 7 heteroatoms. The Balaban J connectivity index is 1.40. The number of amidine groups is 1. The normalized spacial score (nSPS) is 20.8. The number of fused-ring (bicyclic) bond motifs is 1. The average Bonchev–Trinajstić information content (AvgIpc) is 2.89. The molecule has 1 aromatic rings. The minimum atomic E-state index is -3.46. The second-order valence-corrected chi connectivity index (χ2v) is 8.86. The monoisotopic (exact) mass is 377 g/mol. The molecule has 2 heterocycles. The Labute approximate surface area is 155 Å². The molecule has 0 aromatic heterocycles. The molecule has 0 spiro atoms. The van der Waals surface area contributed by atoms with Crippen LogP contribution in [0.2, 0.25) is 0 Å². The number of benzene rings is 1. The van der Waals surface area contributed by atoms with Crippen LogP contribution in [0, 0.1) is 5.92 Å². The highest BCUT2D eigenvalue weighted by Crippen LogP contribution is 2.22. The van der Waals surface area contributed by atoms with Crippen molar-refractivity contribution in [2.24, 2.45) is 10.9 Å². The highest BCUT2D eigenvalue weighted by atomic mass is 32.2. The predicted octanol–water partition coefficient (Wildman–Crippen LogP) is 2.54. The molecule has 3 rings (SSSR count). The van der Waals surface area contributed by atoms with E-state index in [-0.39, 0.29) is 5.91 Å². The number of nitrogens with zero attached hydrogens (tertiary/aromatic N) is 2. The van der Waals surface area contributed by atoms with Crippen molar-refractivity contribution in [1.29, 1.82) is 0 Å². The SMILES string of the molecule is CC1CCN(C(=O)CCCCCN=C2NS(=O)(=O)c3ccccc32)CC1. The number of rotatable bonds is 6. The van der Waals surface area contributed by atoms with Gasteiger partial charge < -0.3 is 4.90 Å². The van der Waals surface area contributed by atoms with Crippen LogP contribution in [0.25, 0.3) is 0 Å². The van der Waals surface area contributed by atoms with Gasteiger partial charge in [0.05, 0.1) is 4.90 Å². The summed E-state index contributed by atoms with van der Waals surface area (Å²) >= 11 is 0. The number of carbonyl (C=O) groups is 1. The standard InChI is InChI=1S/C19H27N3O3S/c1-15-10-13-22(14-11-15)18(23)9-3-2-6-12-20-19-16-7-4-5-8-17(16)26(24,25)21-19/h4-5,7-8,15H,2-3,6,9-14H2,1H3,(H,20,21). The van der Waals surface area contributed by atoms with E-state index < -0.39 is 10.0 Å². The number of sulfonamides is 1. The van der Waals surface area contributed by atoms with Crippen LogP contribution in [0.15, 0.2) is 34.2 Å². The summed E-state index contributed by atoms with van der Waals surface area (Å²) in [7, 11) is -3.46. The van der Waals surface area contributed by atoms with Gasteiger partial charge in [0, 0.05) is 31.6 Å². The second kappa shape index (κ2) is 8.20. The summed E-state index contributed by atoms with van der Waals surface area (Å²) in [6, 6.07) is 6.88. The number of carbonyl (C=O) groups excluding carboxylic acids is 1. The Bertz CT molecular complexity index is 781. The fourth-order valence-corrected chi connectivity index (χ4v) is 4.67. The molecule has 26 heavy (non-hydrogen) atoms. The zero-order chi connectivity index (χ0) is 18.6. The molecule has 1 saturated heterocycles. The maximum Gasteiger partial charge on any atom is 0.263 e. The van der Waals surface area contributed by atoms with E-state index in [1.54, 1.807) is 18.2 Å². The molecule has 1 fully saturated rings. The summed E-state index contributed by atoms with van der Waals surface area (Å²) < 4.78 is 26.5. The first kappa shape index (κ1) is 18.9. The lowest BCUT2D eigenvalue weighted by Gasteiger charge is -2.30. The van der Waals surface area contributed by atoms with E-state index in [0.717, 1.165) is 51.1 Å². The van der Waals surface area contributed by atoms with Gasteiger partial charge in [-0.25, -0.2) is 8.42 Å². The number of likely N-dealkylation sites (tertiary alicyclic amines) is 1. The largest absolute Gasteiger partial charge is 0.343 e. The van der Waals surface area contributed by atoms with E-state index in [0.29, 0.717) is 29.3 Å². The molecule has 0 atom stereocenters. The van der Waals surface area contributed by atoms with E-state index in [2.05, 4.69) is 16.6 Å². The number of hydrogen-bond acceptors (Lipinski definition) is 4. The fourth-order valence-electron chi connectivity index (χ4n) is 3.42. The lowest BCUT2D eigenvalue weighted by atomic mass is 9.99. The van der Waals surface area contributed by atoms with Crippen molar-refractivity contribution in [3.8, 4) is 0 Å². The van der Waals surface area contributed by atoms with Gasteiger partial charge in [0.15, 0.2) is 0 Å². The molecule has 6 nitrogen and oxygen atoms in total. The molecule has 2 aliphatic rings. The van der Waals surface area contributed by atoms with Gasteiger partial charge in [0.2, 0.25) is 5.91 Å². The number of aliphatic imine (C=N–C) groups is 1. The topological polar surface area (TPSA) is 78.8 Å². The highest BCUT2D eigenvalue weighted by molar-refractivity contribution is 7.90. The number of nitrogens with one attached hydrogen (secondary N) is 1.